The molecule has 0 radical (unpaired) electrons. The molecular weight excluding hydrogens is 354 g/mol. The second-order valence-corrected chi connectivity index (χ2v) is 7.12. The van der Waals surface area contributed by atoms with Crippen molar-refractivity contribution in [1.29, 1.82) is 0 Å². The maximum atomic E-state index is 10.9. The Hall–Kier alpha value is -2.28. The van der Waals surface area contributed by atoms with Gasteiger partial charge in [-0.3, -0.25) is 9.69 Å². The Labute approximate surface area is 168 Å². The number of primary amides is 1. The van der Waals surface area contributed by atoms with Gasteiger partial charge in [-0.1, -0.05) is 25.5 Å². The topological polar surface area (TPSA) is 92.0 Å². The summed E-state index contributed by atoms with van der Waals surface area (Å²) in [6, 6.07) is 8.29. The Kier molecular flexibility index (Phi) is 9.62. The Morgan fingerprint density at radius 1 is 1.32 bits per heavy atom. The van der Waals surface area contributed by atoms with Crippen molar-refractivity contribution in [2.75, 3.05) is 32.8 Å². The van der Waals surface area contributed by atoms with Gasteiger partial charge in [0.15, 0.2) is 12.6 Å². The summed E-state index contributed by atoms with van der Waals surface area (Å²) in [7, 11) is 0. The van der Waals surface area contributed by atoms with E-state index in [2.05, 4.69) is 34.4 Å². The van der Waals surface area contributed by atoms with Gasteiger partial charge in [-0.05, 0) is 50.4 Å². The van der Waals surface area contributed by atoms with Gasteiger partial charge in [0, 0.05) is 25.7 Å². The highest BCUT2D eigenvalue weighted by molar-refractivity contribution is 5.79. The molecule has 1 unspecified atom stereocenters. The van der Waals surface area contributed by atoms with E-state index in [1.165, 1.54) is 32.2 Å². The van der Waals surface area contributed by atoms with Crippen molar-refractivity contribution >= 4 is 11.9 Å². The normalized spacial score (nSPS) is 17.9. The van der Waals surface area contributed by atoms with Crippen LogP contribution >= 0.6 is 0 Å². The first kappa shape index (κ1) is 22.0. The average Bonchev–Trinajstić information content (AvgIpc) is 2.71. The smallest absolute Gasteiger partial charge is 0.255 e. The van der Waals surface area contributed by atoms with E-state index >= 15 is 0 Å². The standard InChI is InChI=1S/C21H35N5O2/c1-3-18-9-5-6-12-26(18)13-11-24-21(23-4-2)25-15-17-8-7-10-19(14-17)28-16-20(22)27/h7-8,10,14,18H,3-6,9,11-13,15-16H2,1-2H3,(H2,22,27)(H2,23,24,25). The minimum Gasteiger partial charge on any atom is -0.484 e. The number of nitrogens with one attached hydrogen (secondary N) is 2. The Balaban J connectivity index is 1.86. The van der Waals surface area contributed by atoms with E-state index in [-0.39, 0.29) is 6.61 Å². The lowest BCUT2D eigenvalue weighted by atomic mass is 10.0. The van der Waals surface area contributed by atoms with Crippen LogP contribution in [0.15, 0.2) is 29.3 Å². The van der Waals surface area contributed by atoms with E-state index < -0.39 is 5.91 Å². The molecule has 28 heavy (non-hydrogen) atoms. The van der Waals surface area contributed by atoms with Crippen LogP contribution in [-0.4, -0.2) is 55.6 Å². The van der Waals surface area contributed by atoms with Crippen LogP contribution in [0.2, 0.25) is 0 Å². The molecule has 0 spiro atoms. The van der Waals surface area contributed by atoms with Gasteiger partial charge in [-0.2, -0.15) is 0 Å². The number of nitrogens with zero attached hydrogens (tertiary/aromatic N) is 2. The number of likely N-dealkylation sites (tertiary alicyclic amines) is 1. The van der Waals surface area contributed by atoms with E-state index in [9.17, 15) is 4.79 Å². The van der Waals surface area contributed by atoms with Gasteiger partial charge in [0.2, 0.25) is 0 Å². The number of aliphatic imine (C=N–C) groups is 1. The first-order valence-corrected chi connectivity index (χ1v) is 10.4. The van der Waals surface area contributed by atoms with Gasteiger partial charge < -0.3 is 21.1 Å². The zero-order chi connectivity index (χ0) is 20.2. The molecule has 1 heterocycles. The van der Waals surface area contributed by atoms with Crippen molar-refractivity contribution in [1.82, 2.24) is 15.5 Å². The lowest BCUT2D eigenvalue weighted by Gasteiger charge is -2.35. The summed E-state index contributed by atoms with van der Waals surface area (Å²) < 4.78 is 5.36. The number of hydrogen-bond acceptors (Lipinski definition) is 4. The number of amides is 1. The average molecular weight is 390 g/mol. The predicted molar refractivity (Wildman–Crippen MR) is 113 cm³/mol. The van der Waals surface area contributed by atoms with Crippen molar-refractivity contribution in [3.05, 3.63) is 29.8 Å². The second-order valence-electron chi connectivity index (χ2n) is 7.12. The summed E-state index contributed by atoms with van der Waals surface area (Å²) in [4.78, 5) is 18.1. The van der Waals surface area contributed by atoms with Gasteiger partial charge >= 0.3 is 0 Å². The summed E-state index contributed by atoms with van der Waals surface area (Å²) in [6.07, 6.45) is 5.20. The van der Waals surface area contributed by atoms with Crippen LogP contribution in [0, 0.1) is 0 Å². The quantitative estimate of drug-likeness (QED) is 0.420. The van der Waals surface area contributed by atoms with E-state index in [1.54, 1.807) is 0 Å². The number of carbonyl (C=O) groups is 1. The summed E-state index contributed by atoms with van der Waals surface area (Å²) in [6.45, 7) is 8.69. The molecule has 1 fully saturated rings. The maximum Gasteiger partial charge on any atom is 0.255 e. The fraction of sp³-hybridized carbons (Fsp3) is 0.619. The van der Waals surface area contributed by atoms with E-state index in [0.29, 0.717) is 12.3 Å². The molecule has 0 bridgehead atoms. The molecule has 1 aromatic carbocycles. The third kappa shape index (κ3) is 7.76. The number of piperidine rings is 1. The molecule has 1 aliphatic rings. The zero-order valence-electron chi connectivity index (χ0n) is 17.2. The van der Waals surface area contributed by atoms with Gasteiger partial charge in [-0.15, -0.1) is 0 Å². The number of rotatable bonds is 10. The van der Waals surface area contributed by atoms with Gasteiger partial charge in [-0.25, -0.2) is 4.99 Å². The largest absolute Gasteiger partial charge is 0.484 e. The van der Waals surface area contributed by atoms with Gasteiger partial charge in [0.05, 0.1) is 6.54 Å². The Bertz CT molecular complexity index is 635. The van der Waals surface area contributed by atoms with Crippen molar-refractivity contribution in [2.24, 2.45) is 10.7 Å². The predicted octanol–water partition coefficient (Wildman–Crippen LogP) is 1.87. The third-order valence-corrected chi connectivity index (χ3v) is 4.96. The molecule has 4 N–H and O–H groups in total. The Morgan fingerprint density at radius 2 is 2.18 bits per heavy atom. The third-order valence-electron chi connectivity index (χ3n) is 4.96. The molecule has 2 rings (SSSR count). The van der Waals surface area contributed by atoms with E-state index in [4.69, 9.17) is 10.5 Å². The Morgan fingerprint density at radius 3 is 2.93 bits per heavy atom. The van der Waals surface area contributed by atoms with Crippen LogP contribution in [0.4, 0.5) is 0 Å². The summed E-state index contributed by atoms with van der Waals surface area (Å²) in [5, 5.41) is 6.74. The summed E-state index contributed by atoms with van der Waals surface area (Å²) in [5.41, 5.74) is 6.14. The number of ether oxygens (including phenoxy) is 1. The zero-order valence-corrected chi connectivity index (χ0v) is 17.2. The molecule has 1 aliphatic heterocycles. The highest BCUT2D eigenvalue weighted by Gasteiger charge is 2.19. The van der Waals surface area contributed by atoms with Crippen LogP contribution in [0.3, 0.4) is 0 Å². The molecule has 7 heteroatoms. The molecule has 7 nitrogen and oxygen atoms in total. The molecular formula is C21H35N5O2. The first-order valence-electron chi connectivity index (χ1n) is 10.4. The van der Waals surface area contributed by atoms with Crippen molar-refractivity contribution in [3.63, 3.8) is 0 Å². The molecule has 1 atom stereocenters. The van der Waals surface area contributed by atoms with Crippen LogP contribution < -0.4 is 21.1 Å². The number of hydrogen-bond donors (Lipinski definition) is 3. The monoisotopic (exact) mass is 389 g/mol. The van der Waals surface area contributed by atoms with E-state index in [1.807, 2.05) is 24.3 Å². The molecule has 1 aromatic rings. The van der Waals surface area contributed by atoms with Crippen molar-refractivity contribution in [2.45, 2.75) is 52.1 Å². The number of guanidine groups is 1. The first-order chi connectivity index (χ1) is 13.6. The fourth-order valence-corrected chi connectivity index (χ4v) is 3.53. The molecule has 0 saturated carbocycles. The molecule has 0 aliphatic carbocycles. The number of benzene rings is 1. The number of carbonyl (C=O) groups excluding carboxylic acids is 1. The molecule has 1 amide bonds. The molecule has 0 aromatic heterocycles. The molecule has 156 valence electrons. The van der Waals surface area contributed by atoms with Crippen LogP contribution in [0.1, 0.15) is 45.1 Å². The highest BCUT2D eigenvalue weighted by Crippen LogP contribution is 2.18. The van der Waals surface area contributed by atoms with E-state index in [0.717, 1.165) is 37.2 Å². The van der Waals surface area contributed by atoms with Crippen LogP contribution in [-0.2, 0) is 11.3 Å². The summed E-state index contributed by atoms with van der Waals surface area (Å²) in [5.74, 6) is 0.956. The second kappa shape index (κ2) is 12.2. The van der Waals surface area contributed by atoms with Crippen molar-refractivity contribution < 1.29 is 9.53 Å². The summed E-state index contributed by atoms with van der Waals surface area (Å²) >= 11 is 0. The SMILES string of the molecule is CCNC(=NCc1cccc(OCC(N)=O)c1)NCCN1CCCCC1CC. The number of nitrogens with two attached hydrogens (primary N) is 1. The molecule has 1 saturated heterocycles. The minimum absolute atomic E-state index is 0.119. The van der Waals surface area contributed by atoms with Crippen LogP contribution in [0.5, 0.6) is 5.75 Å². The highest BCUT2D eigenvalue weighted by atomic mass is 16.5. The lowest BCUT2D eigenvalue weighted by Crippen LogP contribution is -2.45. The fourth-order valence-electron chi connectivity index (χ4n) is 3.53. The van der Waals surface area contributed by atoms with Crippen molar-refractivity contribution in [3.8, 4) is 5.75 Å². The lowest BCUT2D eigenvalue weighted by molar-refractivity contribution is -0.119. The maximum absolute atomic E-state index is 10.9. The van der Waals surface area contributed by atoms with Gasteiger partial charge in [0.1, 0.15) is 5.75 Å². The minimum atomic E-state index is -0.485. The van der Waals surface area contributed by atoms with Crippen LogP contribution in [0.25, 0.3) is 0 Å². The van der Waals surface area contributed by atoms with Gasteiger partial charge in [0.25, 0.3) is 5.91 Å².